The van der Waals surface area contributed by atoms with Crippen LogP contribution in [0, 0.1) is 0 Å². The molecule has 1 unspecified atom stereocenters. The molecule has 0 saturated heterocycles. The van der Waals surface area contributed by atoms with Gasteiger partial charge >= 0.3 is 0 Å². The van der Waals surface area contributed by atoms with Gasteiger partial charge in [0.2, 0.25) is 0 Å². The second-order valence-corrected chi connectivity index (χ2v) is 4.98. The van der Waals surface area contributed by atoms with Crippen molar-refractivity contribution in [2.75, 3.05) is 20.8 Å². The van der Waals surface area contributed by atoms with E-state index in [1.54, 1.807) is 20.3 Å². The largest absolute Gasteiger partial charge is 0.380 e. The lowest BCUT2D eigenvalue weighted by Gasteiger charge is -2.16. The fourth-order valence-electron chi connectivity index (χ4n) is 2.26. The molecule has 0 aliphatic heterocycles. The van der Waals surface area contributed by atoms with Gasteiger partial charge in [-0.1, -0.05) is 42.5 Å². The van der Waals surface area contributed by atoms with E-state index < -0.39 is 0 Å². The van der Waals surface area contributed by atoms with Gasteiger partial charge in [-0.15, -0.1) is 0 Å². The molecule has 2 aromatic rings. The number of nitrogens with one attached hydrogen (secondary N) is 1. The van der Waals surface area contributed by atoms with Gasteiger partial charge in [-0.3, -0.25) is 4.79 Å². The maximum Gasteiger partial charge on any atom is 0.251 e. The Kier molecular flexibility index (Phi) is 6.13. The second kappa shape index (κ2) is 8.32. The number of methoxy groups -OCH3 is 2. The van der Waals surface area contributed by atoms with Crippen molar-refractivity contribution in [1.82, 2.24) is 5.32 Å². The maximum atomic E-state index is 12.2. The number of amides is 1. The molecule has 0 heterocycles. The van der Waals surface area contributed by atoms with Gasteiger partial charge < -0.3 is 14.8 Å². The van der Waals surface area contributed by atoms with E-state index in [0.29, 0.717) is 18.7 Å². The highest BCUT2D eigenvalue weighted by atomic mass is 16.5. The zero-order valence-electron chi connectivity index (χ0n) is 12.9. The molecule has 0 bridgehead atoms. The van der Waals surface area contributed by atoms with Gasteiger partial charge in [-0.05, 0) is 23.3 Å². The highest BCUT2D eigenvalue weighted by Crippen LogP contribution is 2.15. The summed E-state index contributed by atoms with van der Waals surface area (Å²) in [6.45, 7) is 0.916. The minimum atomic E-state index is -0.160. The van der Waals surface area contributed by atoms with Crippen molar-refractivity contribution in [3.63, 3.8) is 0 Å². The van der Waals surface area contributed by atoms with E-state index >= 15 is 0 Å². The van der Waals surface area contributed by atoms with E-state index in [4.69, 9.17) is 9.47 Å². The summed E-state index contributed by atoms with van der Waals surface area (Å²) in [6.07, 6.45) is -0.160. The predicted molar refractivity (Wildman–Crippen MR) is 85.7 cm³/mol. The minimum absolute atomic E-state index is 0.115. The highest BCUT2D eigenvalue weighted by molar-refractivity contribution is 5.94. The number of hydrogen-bond acceptors (Lipinski definition) is 3. The molecule has 2 rings (SSSR count). The molecule has 1 atom stereocenters. The van der Waals surface area contributed by atoms with Crippen LogP contribution in [-0.4, -0.2) is 26.7 Å². The van der Waals surface area contributed by atoms with Crippen molar-refractivity contribution in [3.8, 4) is 0 Å². The van der Waals surface area contributed by atoms with Gasteiger partial charge in [0.15, 0.2) is 0 Å². The van der Waals surface area contributed by atoms with Crippen LogP contribution in [0.3, 0.4) is 0 Å². The summed E-state index contributed by atoms with van der Waals surface area (Å²) in [5.74, 6) is -0.115. The number of carbonyl (C=O) groups is 1. The first kappa shape index (κ1) is 16.2. The molecule has 1 amide bonds. The SMILES string of the molecule is COCc1cccc(C(=O)NCC(OC)c2ccccc2)c1. The first-order valence-electron chi connectivity index (χ1n) is 7.18. The van der Waals surface area contributed by atoms with Crippen LogP contribution in [0.5, 0.6) is 0 Å². The van der Waals surface area contributed by atoms with Crippen LogP contribution in [0.15, 0.2) is 54.6 Å². The monoisotopic (exact) mass is 299 g/mol. The number of ether oxygens (including phenoxy) is 2. The quantitative estimate of drug-likeness (QED) is 0.855. The van der Waals surface area contributed by atoms with Gasteiger partial charge in [0, 0.05) is 26.3 Å². The Bertz CT molecular complexity index is 598. The van der Waals surface area contributed by atoms with Crippen LogP contribution in [0.1, 0.15) is 27.6 Å². The average Bonchev–Trinajstić information content (AvgIpc) is 2.57. The zero-order valence-corrected chi connectivity index (χ0v) is 12.9. The second-order valence-electron chi connectivity index (χ2n) is 4.98. The molecule has 0 fully saturated rings. The van der Waals surface area contributed by atoms with E-state index in [1.165, 1.54) is 0 Å². The van der Waals surface area contributed by atoms with Gasteiger partial charge in [-0.2, -0.15) is 0 Å². The summed E-state index contributed by atoms with van der Waals surface area (Å²) in [7, 11) is 3.28. The number of rotatable bonds is 7. The summed E-state index contributed by atoms with van der Waals surface area (Å²) in [5, 5.41) is 2.91. The molecule has 0 radical (unpaired) electrons. The molecular formula is C18H21NO3. The summed E-state index contributed by atoms with van der Waals surface area (Å²) in [4.78, 5) is 12.2. The molecule has 0 aliphatic rings. The Labute approximate surface area is 131 Å². The van der Waals surface area contributed by atoms with Crippen molar-refractivity contribution in [2.45, 2.75) is 12.7 Å². The standard InChI is InChI=1S/C18H21NO3/c1-21-13-14-7-6-10-16(11-14)18(20)19-12-17(22-2)15-8-4-3-5-9-15/h3-11,17H,12-13H2,1-2H3,(H,19,20). The molecule has 22 heavy (non-hydrogen) atoms. The lowest BCUT2D eigenvalue weighted by atomic mass is 10.1. The lowest BCUT2D eigenvalue weighted by molar-refractivity contribution is 0.0827. The Morgan fingerprint density at radius 3 is 2.55 bits per heavy atom. The van der Waals surface area contributed by atoms with Gasteiger partial charge in [0.1, 0.15) is 0 Å². The topological polar surface area (TPSA) is 47.6 Å². The molecule has 116 valence electrons. The van der Waals surface area contributed by atoms with Crippen LogP contribution in [0.2, 0.25) is 0 Å². The van der Waals surface area contributed by atoms with E-state index in [2.05, 4.69) is 5.32 Å². The number of benzene rings is 2. The van der Waals surface area contributed by atoms with E-state index in [9.17, 15) is 4.79 Å². The molecule has 4 nitrogen and oxygen atoms in total. The average molecular weight is 299 g/mol. The minimum Gasteiger partial charge on any atom is -0.380 e. The number of hydrogen-bond donors (Lipinski definition) is 1. The first-order valence-corrected chi connectivity index (χ1v) is 7.18. The molecule has 4 heteroatoms. The molecule has 0 spiro atoms. The number of carbonyl (C=O) groups excluding carboxylic acids is 1. The summed E-state index contributed by atoms with van der Waals surface area (Å²) in [5.41, 5.74) is 2.64. The maximum absolute atomic E-state index is 12.2. The highest BCUT2D eigenvalue weighted by Gasteiger charge is 2.13. The van der Waals surface area contributed by atoms with E-state index in [1.807, 2.05) is 48.5 Å². The Morgan fingerprint density at radius 1 is 1.09 bits per heavy atom. The molecule has 2 aromatic carbocycles. The molecular weight excluding hydrogens is 278 g/mol. The smallest absolute Gasteiger partial charge is 0.251 e. The Balaban J connectivity index is 1.98. The Morgan fingerprint density at radius 2 is 1.86 bits per heavy atom. The molecule has 1 N–H and O–H groups in total. The lowest BCUT2D eigenvalue weighted by Crippen LogP contribution is -2.29. The summed E-state index contributed by atoms with van der Waals surface area (Å²) < 4.78 is 10.5. The third kappa shape index (κ3) is 4.41. The first-order chi connectivity index (χ1) is 10.7. The predicted octanol–water partition coefficient (Wildman–Crippen LogP) is 2.95. The Hall–Kier alpha value is -2.17. The molecule has 0 aromatic heterocycles. The van der Waals surface area contributed by atoms with Crippen LogP contribution in [-0.2, 0) is 16.1 Å². The summed E-state index contributed by atoms with van der Waals surface area (Å²) in [6, 6.07) is 17.3. The van der Waals surface area contributed by atoms with Crippen molar-refractivity contribution in [2.24, 2.45) is 0 Å². The van der Waals surface area contributed by atoms with Crippen LogP contribution < -0.4 is 5.32 Å². The van der Waals surface area contributed by atoms with Gasteiger partial charge in [0.05, 0.1) is 12.7 Å². The zero-order chi connectivity index (χ0) is 15.8. The normalized spacial score (nSPS) is 11.9. The fourth-order valence-corrected chi connectivity index (χ4v) is 2.26. The molecule has 0 aliphatic carbocycles. The van der Waals surface area contributed by atoms with Crippen LogP contribution in [0.25, 0.3) is 0 Å². The fraction of sp³-hybridized carbons (Fsp3) is 0.278. The van der Waals surface area contributed by atoms with E-state index in [-0.39, 0.29) is 12.0 Å². The molecule has 0 saturated carbocycles. The van der Waals surface area contributed by atoms with Crippen molar-refractivity contribution >= 4 is 5.91 Å². The van der Waals surface area contributed by atoms with Crippen molar-refractivity contribution < 1.29 is 14.3 Å². The van der Waals surface area contributed by atoms with Crippen molar-refractivity contribution in [1.29, 1.82) is 0 Å². The van der Waals surface area contributed by atoms with E-state index in [0.717, 1.165) is 11.1 Å². The third-order valence-electron chi connectivity index (χ3n) is 3.40. The van der Waals surface area contributed by atoms with Crippen LogP contribution >= 0.6 is 0 Å². The van der Waals surface area contributed by atoms with Crippen LogP contribution in [0.4, 0.5) is 0 Å². The third-order valence-corrected chi connectivity index (χ3v) is 3.40. The van der Waals surface area contributed by atoms with Gasteiger partial charge in [-0.25, -0.2) is 0 Å². The van der Waals surface area contributed by atoms with Gasteiger partial charge in [0.25, 0.3) is 5.91 Å². The van der Waals surface area contributed by atoms with Crippen molar-refractivity contribution in [3.05, 3.63) is 71.3 Å². The summed E-state index contributed by atoms with van der Waals surface area (Å²) >= 11 is 0.